The Morgan fingerprint density at radius 2 is 2.26 bits per heavy atom. The first-order valence-electron chi connectivity index (χ1n) is 6.33. The first-order valence-corrected chi connectivity index (χ1v) is 6.33. The first kappa shape index (κ1) is 11.8. The van der Waals surface area contributed by atoms with Crippen molar-refractivity contribution >= 4 is 5.91 Å². The molecule has 1 amide bonds. The molecule has 0 N–H and O–H groups in total. The van der Waals surface area contributed by atoms with E-state index < -0.39 is 0 Å². The third-order valence-corrected chi connectivity index (χ3v) is 3.41. The Morgan fingerprint density at radius 1 is 1.37 bits per heavy atom. The molecule has 0 bridgehead atoms. The summed E-state index contributed by atoms with van der Waals surface area (Å²) >= 11 is 0. The molecule has 1 saturated heterocycles. The predicted molar refractivity (Wildman–Crippen MR) is 68.5 cm³/mol. The van der Waals surface area contributed by atoms with Crippen molar-refractivity contribution in [2.45, 2.75) is 25.8 Å². The van der Waals surface area contributed by atoms with Gasteiger partial charge in [-0.1, -0.05) is 0 Å². The molecule has 3 heterocycles. The van der Waals surface area contributed by atoms with E-state index in [0.29, 0.717) is 0 Å². The van der Waals surface area contributed by atoms with Gasteiger partial charge in [-0.2, -0.15) is 0 Å². The van der Waals surface area contributed by atoms with Crippen molar-refractivity contribution in [2.24, 2.45) is 0 Å². The summed E-state index contributed by atoms with van der Waals surface area (Å²) < 4.78 is 1.81. The highest BCUT2D eigenvalue weighted by molar-refractivity contribution is 5.74. The zero-order chi connectivity index (χ0) is 13.2. The molecule has 6 nitrogen and oxygen atoms in total. The molecule has 1 fully saturated rings. The van der Waals surface area contributed by atoms with Crippen LogP contribution in [-0.2, 0) is 4.79 Å². The van der Waals surface area contributed by atoms with Gasteiger partial charge < -0.3 is 4.90 Å². The molecule has 0 saturated carbocycles. The molecule has 2 aromatic heterocycles. The Hall–Kier alpha value is -2.24. The van der Waals surface area contributed by atoms with Crippen LogP contribution in [0.4, 0.5) is 0 Å². The van der Waals surface area contributed by atoms with Crippen LogP contribution < -0.4 is 0 Å². The fraction of sp³-hybridized carbons (Fsp3) is 0.385. The third-order valence-electron chi connectivity index (χ3n) is 3.41. The van der Waals surface area contributed by atoms with Crippen LogP contribution >= 0.6 is 0 Å². The van der Waals surface area contributed by atoms with Crippen LogP contribution in [0.15, 0.2) is 31.1 Å². The number of imidazole rings is 1. The van der Waals surface area contributed by atoms with Gasteiger partial charge in [0, 0.05) is 25.9 Å². The second-order valence-corrected chi connectivity index (χ2v) is 4.64. The number of nitrogens with zero attached hydrogens (tertiary/aromatic N) is 5. The number of carbonyl (C=O) groups is 1. The van der Waals surface area contributed by atoms with E-state index in [1.165, 1.54) is 0 Å². The minimum atomic E-state index is 0.0495. The lowest BCUT2D eigenvalue weighted by atomic mass is 10.1. The highest BCUT2D eigenvalue weighted by Crippen LogP contribution is 2.30. The summed E-state index contributed by atoms with van der Waals surface area (Å²) in [5.74, 6) is 0.822. The van der Waals surface area contributed by atoms with Crippen molar-refractivity contribution in [1.29, 1.82) is 0 Å². The van der Waals surface area contributed by atoms with Crippen molar-refractivity contribution in [3.8, 4) is 5.82 Å². The van der Waals surface area contributed by atoms with E-state index in [2.05, 4.69) is 15.0 Å². The summed E-state index contributed by atoms with van der Waals surface area (Å²) in [7, 11) is 0. The first-order chi connectivity index (χ1) is 9.25. The molecule has 3 rings (SSSR count). The zero-order valence-corrected chi connectivity index (χ0v) is 10.7. The number of amides is 1. The molecule has 0 radical (unpaired) electrons. The van der Waals surface area contributed by atoms with Crippen LogP contribution in [-0.4, -0.2) is 36.9 Å². The minimum Gasteiger partial charge on any atom is -0.334 e. The Kier molecular flexibility index (Phi) is 2.98. The molecule has 2 aromatic rings. The summed E-state index contributed by atoms with van der Waals surface area (Å²) in [6.07, 6.45) is 10.6. The number of aromatic nitrogens is 4. The number of carbonyl (C=O) groups excluding carboxylic acids is 1. The van der Waals surface area contributed by atoms with E-state index in [1.807, 2.05) is 15.7 Å². The van der Waals surface area contributed by atoms with Gasteiger partial charge in [0.15, 0.2) is 5.82 Å². The van der Waals surface area contributed by atoms with Gasteiger partial charge >= 0.3 is 0 Å². The van der Waals surface area contributed by atoms with Crippen LogP contribution in [0.5, 0.6) is 0 Å². The van der Waals surface area contributed by atoms with Crippen LogP contribution in [0.1, 0.15) is 31.5 Å². The Bertz CT molecular complexity index is 580. The van der Waals surface area contributed by atoms with Gasteiger partial charge in [0.2, 0.25) is 5.91 Å². The Labute approximate surface area is 111 Å². The van der Waals surface area contributed by atoms with E-state index in [0.717, 1.165) is 30.9 Å². The Morgan fingerprint density at radius 3 is 3.00 bits per heavy atom. The van der Waals surface area contributed by atoms with Crippen molar-refractivity contribution in [3.05, 3.63) is 36.8 Å². The molecule has 0 aromatic carbocycles. The van der Waals surface area contributed by atoms with E-state index >= 15 is 0 Å². The normalized spacial score (nSPS) is 18.8. The van der Waals surface area contributed by atoms with E-state index in [9.17, 15) is 4.79 Å². The maximum Gasteiger partial charge on any atom is 0.220 e. The van der Waals surface area contributed by atoms with Crippen LogP contribution in [0, 0.1) is 0 Å². The van der Waals surface area contributed by atoms with E-state index in [-0.39, 0.29) is 11.9 Å². The van der Waals surface area contributed by atoms with Crippen LogP contribution in [0.2, 0.25) is 0 Å². The van der Waals surface area contributed by atoms with E-state index in [1.54, 1.807) is 31.8 Å². The molecule has 19 heavy (non-hydrogen) atoms. The number of hydrogen-bond acceptors (Lipinski definition) is 4. The van der Waals surface area contributed by atoms with Gasteiger partial charge in [-0.3, -0.25) is 14.3 Å². The molecule has 6 heteroatoms. The topological polar surface area (TPSA) is 63.9 Å². The summed E-state index contributed by atoms with van der Waals surface area (Å²) in [6, 6.07) is 0.0495. The van der Waals surface area contributed by atoms with Crippen LogP contribution in [0.3, 0.4) is 0 Å². The quantitative estimate of drug-likeness (QED) is 0.814. The second-order valence-electron chi connectivity index (χ2n) is 4.64. The monoisotopic (exact) mass is 257 g/mol. The smallest absolute Gasteiger partial charge is 0.220 e. The molecular weight excluding hydrogens is 242 g/mol. The lowest BCUT2D eigenvalue weighted by Crippen LogP contribution is -2.28. The molecule has 1 atom stereocenters. The molecule has 1 aliphatic heterocycles. The fourth-order valence-electron chi connectivity index (χ4n) is 2.50. The van der Waals surface area contributed by atoms with Gasteiger partial charge in [0.25, 0.3) is 0 Å². The van der Waals surface area contributed by atoms with E-state index in [4.69, 9.17) is 0 Å². The zero-order valence-electron chi connectivity index (χ0n) is 10.7. The number of likely N-dealkylation sites (tertiary alicyclic amines) is 1. The maximum absolute atomic E-state index is 11.6. The number of rotatable bonds is 2. The van der Waals surface area contributed by atoms with Crippen LogP contribution in [0.25, 0.3) is 5.82 Å². The number of hydrogen-bond donors (Lipinski definition) is 0. The molecule has 1 aliphatic rings. The molecule has 1 unspecified atom stereocenters. The minimum absolute atomic E-state index is 0.0495. The fourth-order valence-corrected chi connectivity index (χ4v) is 2.50. The second kappa shape index (κ2) is 4.79. The lowest BCUT2D eigenvalue weighted by Gasteiger charge is -2.22. The standard InChI is InChI=1S/C13H15N5O/c1-10(19)18-5-2-3-12(18)11-7-15-8-13(16-11)17-6-4-14-9-17/h4,6-9,12H,2-3,5H2,1H3. The molecule has 0 aliphatic carbocycles. The summed E-state index contributed by atoms with van der Waals surface area (Å²) in [6.45, 7) is 2.41. The maximum atomic E-state index is 11.6. The summed E-state index contributed by atoms with van der Waals surface area (Å²) in [4.78, 5) is 26.3. The highest BCUT2D eigenvalue weighted by atomic mass is 16.2. The van der Waals surface area contributed by atoms with Crippen molar-refractivity contribution in [3.63, 3.8) is 0 Å². The van der Waals surface area contributed by atoms with Gasteiger partial charge in [-0.05, 0) is 12.8 Å². The highest BCUT2D eigenvalue weighted by Gasteiger charge is 2.29. The summed E-state index contributed by atoms with van der Waals surface area (Å²) in [5.41, 5.74) is 0.846. The lowest BCUT2D eigenvalue weighted by molar-refractivity contribution is -0.129. The average Bonchev–Trinajstić information content (AvgIpc) is 3.10. The van der Waals surface area contributed by atoms with Crippen molar-refractivity contribution < 1.29 is 4.79 Å². The van der Waals surface area contributed by atoms with Gasteiger partial charge in [-0.25, -0.2) is 9.97 Å². The molecule has 0 spiro atoms. The van der Waals surface area contributed by atoms with Crippen molar-refractivity contribution in [1.82, 2.24) is 24.4 Å². The van der Waals surface area contributed by atoms with Crippen molar-refractivity contribution in [2.75, 3.05) is 6.54 Å². The molecular formula is C13H15N5O. The summed E-state index contributed by atoms with van der Waals surface area (Å²) in [5, 5.41) is 0. The van der Waals surface area contributed by atoms with Gasteiger partial charge in [0.05, 0.1) is 24.1 Å². The van der Waals surface area contributed by atoms with Gasteiger partial charge in [0.1, 0.15) is 6.33 Å². The largest absolute Gasteiger partial charge is 0.334 e. The van der Waals surface area contributed by atoms with Gasteiger partial charge in [-0.15, -0.1) is 0 Å². The average molecular weight is 257 g/mol. The molecule has 98 valence electrons. The third kappa shape index (κ3) is 2.21. The Balaban J connectivity index is 1.93. The predicted octanol–water partition coefficient (Wildman–Crippen LogP) is 1.35. The SMILES string of the molecule is CC(=O)N1CCCC1c1cncc(-n2ccnc2)n1.